The lowest BCUT2D eigenvalue weighted by molar-refractivity contribution is 0.609. The van der Waals surface area contributed by atoms with Crippen LogP contribution in [0, 0.1) is 5.92 Å². The second kappa shape index (κ2) is 4.34. The van der Waals surface area contributed by atoms with Crippen molar-refractivity contribution in [2.75, 3.05) is 17.7 Å². The van der Waals surface area contributed by atoms with Crippen LogP contribution in [-0.2, 0) is 0 Å². The summed E-state index contributed by atoms with van der Waals surface area (Å²) in [4.78, 5) is 2.15. The molecule has 2 rings (SSSR count). The second-order valence-electron chi connectivity index (χ2n) is 4.52. The molecule has 88 valence electrons. The fourth-order valence-corrected chi connectivity index (χ4v) is 2.79. The van der Waals surface area contributed by atoms with Crippen LogP contribution < -0.4 is 10.6 Å². The van der Waals surface area contributed by atoms with Crippen molar-refractivity contribution in [2.45, 2.75) is 25.8 Å². The first kappa shape index (κ1) is 11.9. The Morgan fingerprint density at radius 1 is 1.31 bits per heavy atom. The molecule has 1 aliphatic carbocycles. The van der Waals surface area contributed by atoms with E-state index in [-0.39, 0.29) is 0 Å². The SMILES string of the molecule is CC(C1CC1)N(C)c1c(Cl)cc(N)cc1Cl. The fraction of sp³-hybridized carbons (Fsp3) is 0.500. The summed E-state index contributed by atoms with van der Waals surface area (Å²) in [6.07, 6.45) is 2.60. The molecule has 0 amide bonds. The van der Waals surface area contributed by atoms with Crippen molar-refractivity contribution >= 4 is 34.6 Å². The Bertz CT molecular complexity index is 379. The van der Waals surface area contributed by atoms with E-state index < -0.39 is 0 Å². The van der Waals surface area contributed by atoms with Crippen molar-refractivity contribution in [3.8, 4) is 0 Å². The van der Waals surface area contributed by atoms with E-state index in [4.69, 9.17) is 28.9 Å². The molecule has 1 atom stereocenters. The van der Waals surface area contributed by atoms with Gasteiger partial charge in [-0.2, -0.15) is 0 Å². The number of halogens is 2. The molecule has 2 N–H and O–H groups in total. The third kappa shape index (κ3) is 2.23. The summed E-state index contributed by atoms with van der Waals surface area (Å²) in [5, 5.41) is 1.25. The number of nitrogen functional groups attached to an aromatic ring is 1. The van der Waals surface area contributed by atoms with E-state index >= 15 is 0 Å². The highest BCUT2D eigenvalue weighted by Gasteiger charge is 2.31. The summed E-state index contributed by atoms with van der Waals surface area (Å²) in [5.74, 6) is 0.773. The molecule has 0 aliphatic heterocycles. The summed E-state index contributed by atoms with van der Waals surface area (Å²) < 4.78 is 0. The highest BCUT2D eigenvalue weighted by Crippen LogP contribution is 2.41. The molecule has 2 nitrogen and oxygen atoms in total. The Hall–Kier alpha value is -0.600. The maximum atomic E-state index is 6.19. The van der Waals surface area contributed by atoms with E-state index in [1.165, 1.54) is 12.8 Å². The number of hydrogen-bond acceptors (Lipinski definition) is 2. The number of nitrogens with zero attached hydrogens (tertiary/aromatic N) is 1. The second-order valence-corrected chi connectivity index (χ2v) is 5.34. The molecular formula is C12H16Cl2N2. The van der Waals surface area contributed by atoms with E-state index in [0.29, 0.717) is 21.8 Å². The van der Waals surface area contributed by atoms with Gasteiger partial charge in [-0.3, -0.25) is 0 Å². The number of hydrogen-bond donors (Lipinski definition) is 1. The van der Waals surface area contributed by atoms with Gasteiger partial charge in [0.05, 0.1) is 15.7 Å². The van der Waals surface area contributed by atoms with Crippen LogP contribution in [0.2, 0.25) is 10.0 Å². The molecule has 1 aliphatic rings. The highest BCUT2D eigenvalue weighted by atomic mass is 35.5. The van der Waals surface area contributed by atoms with Crippen LogP contribution in [0.3, 0.4) is 0 Å². The van der Waals surface area contributed by atoms with Crippen molar-refractivity contribution in [3.05, 3.63) is 22.2 Å². The topological polar surface area (TPSA) is 29.3 Å². The van der Waals surface area contributed by atoms with Gasteiger partial charge in [-0.15, -0.1) is 0 Å². The normalized spacial score (nSPS) is 17.2. The lowest BCUT2D eigenvalue weighted by Crippen LogP contribution is -2.31. The molecule has 1 saturated carbocycles. The summed E-state index contributed by atoms with van der Waals surface area (Å²) in [7, 11) is 2.03. The Balaban J connectivity index is 2.31. The molecule has 1 fully saturated rings. The Morgan fingerprint density at radius 3 is 2.25 bits per heavy atom. The van der Waals surface area contributed by atoms with Crippen molar-refractivity contribution in [3.63, 3.8) is 0 Å². The zero-order valence-corrected chi connectivity index (χ0v) is 11.0. The largest absolute Gasteiger partial charge is 0.399 e. The zero-order chi connectivity index (χ0) is 11.9. The molecule has 0 spiro atoms. The monoisotopic (exact) mass is 258 g/mol. The summed E-state index contributed by atoms with van der Waals surface area (Å²) in [5.41, 5.74) is 7.18. The molecular weight excluding hydrogens is 243 g/mol. The summed E-state index contributed by atoms with van der Waals surface area (Å²) >= 11 is 12.4. The molecule has 0 radical (unpaired) electrons. The predicted octanol–water partition coefficient (Wildman–Crippen LogP) is 3.81. The maximum absolute atomic E-state index is 6.19. The third-order valence-electron chi connectivity index (χ3n) is 3.31. The number of anilines is 2. The van der Waals surface area contributed by atoms with Crippen LogP contribution in [-0.4, -0.2) is 13.1 Å². The minimum Gasteiger partial charge on any atom is -0.399 e. The Labute approximate surface area is 106 Å². The number of benzene rings is 1. The zero-order valence-electron chi connectivity index (χ0n) is 9.50. The van der Waals surface area contributed by atoms with Crippen molar-refractivity contribution in [1.82, 2.24) is 0 Å². The lowest BCUT2D eigenvalue weighted by Gasteiger charge is -2.29. The Kier molecular flexibility index (Phi) is 3.22. The van der Waals surface area contributed by atoms with Crippen LogP contribution in [0.4, 0.5) is 11.4 Å². The van der Waals surface area contributed by atoms with Gasteiger partial charge < -0.3 is 10.6 Å². The van der Waals surface area contributed by atoms with Gasteiger partial charge >= 0.3 is 0 Å². The van der Waals surface area contributed by atoms with Gasteiger partial charge in [-0.05, 0) is 37.8 Å². The first-order valence-corrected chi connectivity index (χ1v) is 6.23. The van der Waals surface area contributed by atoms with Gasteiger partial charge in [0.25, 0.3) is 0 Å². The van der Waals surface area contributed by atoms with Gasteiger partial charge in [-0.1, -0.05) is 23.2 Å². The van der Waals surface area contributed by atoms with Gasteiger partial charge in [0.15, 0.2) is 0 Å². The minimum atomic E-state index is 0.471. The summed E-state index contributed by atoms with van der Waals surface area (Å²) in [6, 6.07) is 3.97. The van der Waals surface area contributed by atoms with Gasteiger partial charge in [0.1, 0.15) is 0 Å². The molecule has 1 unspecified atom stereocenters. The van der Waals surface area contributed by atoms with Crippen molar-refractivity contribution < 1.29 is 0 Å². The van der Waals surface area contributed by atoms with E-state index in [1.807, 2.05) is 7.05 Å². The smallest absolute Gasteiger partial charge is 0.0746 e. The van der Waals surface area contributed by atoms with E-state index in [2.05, 4.69) is 11.8 Å². The molecule has 4 heteroatoms. The number of rotatable bonds is 3. The highest BCUT2D eigenvalue weighted by molar-refractivity contribution is 6.39. The molecule has 0 heterocycles. The van der Waals surface area contributed by atoms with E-state index in [9.17, 15) is 0 Å². The van der Waals surface area contributed by atoms with E-state index in [0.717, 1.165) is 11.6 Å². The van der Waals surface area contributed by atoms with Gasteiger partial charge in [0, 0.05) is 18.8 Å². The lowest BCUT2D eigenvalue weighted by atomic mass is 10.1. The van der Waals surface area contributed by atoms with Crippen LogP contribution in [0.25, 0.3) is 0 Å². The molecule has 16 heavy (non-hydrogen) atoms. The average Bonchev–Trinajstić information content (AvgIpc) is 2.97. The van der Waals surface area contributed by atoms with Crippen LogP contribution in [0.5, 0.6) is 0 Å². The van der Waals surface area contributed by atoms with E-state index in [1.54, 1.807) is 12.1 Å². The standard InChI is InChI=1S/C12H16Cl2N2/c1-7(8-3-4-8)16(2)12-10(13)5-9(15)6-11(12)14/h5-8H,3-4,15H2,1-2H3. The van der Waals surface area contributed by atoms with Gasteiger partial charge in [0.2, 0.25) is 0 Å². The molecule has 0 bridgehead atoms. The van der Waals surface area contributed by atoms with Crippen molar-refractivity contribution in [1.29, 1.82) is 0 Å². The average molecular weight is 259 g/mol. The molecule has 1 aromatic rings. The van der Waals surface area contributed by atoms with Crippen LogP contribution in [0.1, 0.15) is 19.8 Å². The van der Waals surface area contributed by atoms with Crippen LogP contribution >= 0.6 is 23.2 Å². The first-order chi connectivity index (χ1) is 7.50. The maximum Gasteiger partial charge on any atom is 0.0746 e. The minimum absolute atomic E-state index is 0.471. The fourth-order valence-electron chi connectivity index (χ4n) is 2.02. The first-order valence-electron chi connectivity index (χ1n) is 5.48. The number of nitrogens with two attached hydrogens (primary N) is 1. The van der Waals surface area contributed by atoms with Gasteiger partial charge in [-0.25, -0.2) is 0 Å². The summed E-state index contributed by atoms with van der Waals surface area (Å²) in [6.45, 7) is 2.21. The van der Waals surface area contributed by atoms with Crippen LogP contribution in [0.15, 0.2) is 12.1 Å². The third-order valence-corrected chi connectivity index (χ3v) is 3.88. The predicted molar refractivity (Wildman–Crippen MR) is 71.5 cm³/mol. The Morgan fingerprint density at radius 2 is 1.81 bits per heavy atom. The molecule has 0 saturated heterocycles. The quantitative estimate of drug-likeness (QED) is 0.836. The molecule has 1 aromatic carbocycles. The van der Waals surface area contributed by atoms with Crippen molar-refractivity contribution in [2.24, 2.45) is 5.92 Å². The molecule has 0 aromatic heterocycles.